The van der Waals surface area contributed by atoms with Crippen LogP contribution in [0.4, 0.5) is 0 Å². The number of nitrogens with zero attached hydrogens (tertiary/aromatic N) is 2. The van der Waals surface area contributed by atoms with Gasteiger partial charge in [-0.25, -0.2) is 8.42 Å². The van der Waals surface area contributed by atoms with Crippen LogP contribution in [0.3, 0.4) is 0 Å². The molecule has 5 nitrogen and oxygen atoms in total. The van der Waals surface area contributed by atoms with Crippen molar-refractivity contribution in [3.63, 3.8) is 0 Å². The predicted octanol–water partition coefficient (Wildman–Crippen LogP) is 1.96. The summed E-state index contributed by atoms with van der Waals surface area (Å²) in [6.45, 7) is 3.13. The van der Waals surface area contributed by atoms with Gasteiger partial charge in [0.05, 0.1) is 12.1 Å². The number of halogens is 1. The van der Waals surface area contributed by atoms with Crippen LogP contribution in [0, 0.1) is 5.92 Å². The molecule has 1 aliphatic carbocycles. The van der Waals surface area contributed by atoms with E-state index in [0.29, 0.717) is 24.6 Å². The molecular formula is C11H18ClN3O2S. The number of sulfonamides is 1. The lowest BCUT2D eigenvalue weighted by Crippen LogP contribution is -2.34. The Morgan fingerprint density at radius 2 is 2.28 bits per heavy atom. The zero-order valence-corrected chi connectivity index (χ0v) is 12.0. The van der Waals surface area contributed by atoms with Crippen molar-refractivity contribution in [3.8, 4) is 0 Å². The number of aromatic amines is 1. The van der Waals surface area contributed by atoms with Gasteiger partial charge in [0.25, 0.3) is 10.0 Å². The van der Waals surface area contributed by atoms with Crippen LogP contribution in [0.15, 0.2) is 11.2 Å². The zero-order chi connectivity index (χ0) is 13.2. The summed E-state index contributed by atoms with van der Waals surface area (Å²) in [4.78, 5) is 0. The van der Waals surface area contributed by atoms with Gasteiger partial charge in [0.2, 0.25) is 0 Å². The molecule has 7 heteroatoms. The van der Waals surface area contributed by atoms with Gasteiger partial charge in [-0.1, -0.05) is 6.92 Å². The molecule has 0 radical (unpaired) electrons. The first-order valence-electron chi connectivity index (χ1n) is 6.18. The summed E-state index contributed by atoms with van der Waals surface area (Å²) in [7, 11) is -3.49. The van der Waals surface area contributed by atoms with E-state index in [4.69, 9.17) is 11.6 Å². The minimum atomic E-state index is -3.49. The highest BCUT2D eigenvalue weighted by molar-refractivity contribution is 7.89. The normalized spacial score (nSPS) is 16.4. The van der Waals surface area contributed by atoms with Crippen molar-refractivity contribution in [2.24, 2.45) is 5.92 Å². The van der Waals surface area contributed by atoms with Gasteiger partial charge < -0.3 is 0 Å². The second-order valence-electron chi connectivity index (χ2n) is 4.66. The van der Waals surface area contributed by atoms with Crippen molar-refractivity contribution in [2.75, 3.05) is 13.1 Å². The third kappa shape index (κ3) is 2.87. The van der Waals surface area contributed by atoms with Gasteiger partial charge in [0, 0.05) is 18.7 Å². The Bertz CT molecular complexity index is 496. The van der Waals surface area contributed by atoms with E-state index in [0.717, 1.165) is 19.3 Å². The van der Waals surface area contributed by atoms with Gasteiger partial charge in [-0.05, 0) is 25.2 Å². The topological polar surface area (TPSA) is 66.1 Å². The van der Waals surface area contributed by atoms with Crippen molar-refractivity contribution in [3.05, 3.63) is 11.8 Å². The Labute approximate surface area is 113 Å². The maximum Gasteiger partial charge on any atom is 0.260 e. The van der Waals surface area contributed by atoms with Gasteiger partial charge >= 0.3 is 0 Å². The van der Waals surface area contributed by atoms with Gasteiger partial charge in [0.1, 0.15) is 0 Å². The molecule has 1 aromatic rings. The van der Waals surface area contributed by atoms with Crippen LogP contribution in [0.1, 0.15) is 31.7 Å². The second kappa shape index (κ2) is 5.59. The minimum Gasteiger partial charge on any atom is -0.266 e. The number of H-pyrrole nitrogens is 1. The average molecular weight is 292 g/mol. The van der Waals surface area contributed by atoms with Crippen LogP contribution in [0.5, 0.6) is 0 Å². The quantitative estimate of drug-likeness (QED) is 0.781. The molecule has 0 aromatic carbocycles. The lowest BCUT2D eigenvalue weighted by atomic mass is 10.4. The second-order valence-corrected chi connectivity index (χ2v) is 6.81. The molecule has 0 saturated heterocycles. The fraction of sp³-hybridized carbons (Fsp3) is 0.727. The number of rotatable bonds is 7. The van der Waals surface area contributed by atoms with Crippen LogP contribution in [-0.4, -0.2) is 36.0 Å². The maximum atomic E-state index is 12.5. The van der Waals surface area contributed by atoms with Crippen molar-refractivity contribution in [2.45, 2.75) is 37.1 Å². The smallest absolute Gasteiger partial charge is 0.260 e. The monoisotopic (exact) mass is 291 g/mol. The molecular weight excluding hydrogens is 274 g/mol. The van der Waals surface area contributed by atoms with E-state index in [1.165, 1.54) is 6.20 Å². The van der Waals surface area contributed by atoms with E-state index in [-0.39, 0.29) is 10.9 Å². The SMILES string of the molecule is CCCN(CC1CC1)S(=O)(=O)c1[nH]ncc1CCl. The number of hydrogen-bond acceptors (Lipinski definition) is 3. The van der Waals surface area contributed by atoms with Crippen LogP contribution in [0.25, 0.3) is 0 Å². The van der Waals surface area contributed by atoms with Gasteiger partial charge in [-0.15, -0.1) is 11.6 Å². The first-order valence-corrected chi connectivity index (χ1v) is 8.15. The molecule has 1 N–H and O–H groups in total. The Kier molecular flexibility index (Phi) is 4.29. The van der Waals surface area contributed by atoms with Crippen molar-refractivity contribution in [1.29, 1.82) is 0 Å². The summed E-state index contributed by atoms with van der Waals surface area (Å²) in [6, 6.07) is 0. The van der Waals surface area contributed by atoms with Crippen molar-refractivity contribution < 1.29 is 8.42 Å². The molecule has 1 aliphatic rings. The summed E-state index contributed by atoms with van der Waals surface area (Å²) in [5.41, 5.74) is 0.536. The Balaban J connectivity index is 2.25. The summed E-state index contributed by atoms with van der Waals surface area (Å²) in [5.74, 6) is 0.669. The molecule has 0 amide bonds. The molecule has 0 bridgehead atoms. The lowest BCUT2D eigenvalue weighted by Gasteiger charge is -2.21. The van der Waals surface area contributed by atoms with Gasteiger partial charge in [-0.3, -0.25) is 5.10 Å². The highest BCUT2D eigenvalue weighted by Crippen LogP contribution is 2.32. The molecule has 18 heavy (non-hydrogen) atoms. The fourth-order valence-electron chi connectivity index (χ4n) is 1.89. The van der Waals surface area contributed by atoms with Crippen LogP contribution in [0.2, 0.25) is 0 Å². The lowest BCUT2D eigenvalue weighted by molar-refractivity contribution is 0.393. The van der Waals surface area contributed by atoms with Crippen LogP contribution in [-0.2, 0) is 15.9 Å². The van der Waals surface area contributed by atoms with E-state index in [9.17, 15) is 8.42 Å². The molecule has 1 fully saturated rings. The van der Waals surface area contributed by atoms with Gasteiger partial charge in [-0.2, -0.15) is 9.40 Å². The average Bonchev–Trinajstić information content (AvgIpc) is 3.02. The van der Waals surface area contributed by atoms with E-state index < -0.39 is 10.0 Å². The largest absolute Gasteiger partial charge is 0.266 e. The van der Waals surface area contributed by atoms with E-state index in [1.54, 1.807) is 4.31 Å². The third-order valence-corrected chi connectivity index (χ3v) is 5.22. The molecule has 1 heterocycles. The Morgan fingerprint density at radius 1 is 1.56 bits per heavy atom. The summed E-state index contributed by atoms with van der Waals surface area (Å²) < 4.78 is 26.6. The molecule has 0 aliphatic heterocycles. The maximum absolute atomic E-state index is 12.5. The number of alkyl halides is 1. The summed E-state index contributed by atoms with van der Waals surface area (Å²) in [6.07, 6.45) is 4.53. The van der Waals surface area contributed by atoms with Gasteiger partial charge in [0.15, 0.2) is 5.03 Å². The summed E-state index contributed by atoms with van der Waals surface area (Å²) >= 11 is 5.74. The first kappa shape index (κ1) is 13.8. The van der Waals surface area contributed by atoms with Crippen molar-refractivity contribution in [1.82, 2.24) is 14.5 Å². The molecule has 0 unspecified atom stereocenters. The zero-order valence-electron chi connectivity index (χ0n) is 10.4. The Morgan fingerprint density at radius 3 is 2.83 bits per heavy atom. The van der Waals surface area contributed by atoms with Crippen molar-refractivity contribution >= 4 is 21.6 Å². The standard InChI is InChI=1S/C11H18ClN3O2S/c1-2-5-15(8-9-3-4-9)18(16,17)11-10(6-12)7-13-14-11/h7,9H,2-6,8H2,1H3,(H,13,14). The summed E-state index contributed by atoms with van der Waals surface area (Å²) in [5, 5.41) is 6.49. The Hall–Kier alpha value is -0.590. The molecule has 1 saturated carbocycles. The van der Waals surface area contributed by atoms with E-state index in [1.807, 2.05) is 6.92 Å². The molecule has 0 spiro atoms. The van der Waals surface area contributed by atoms with Crippen LogP contribution >= 0.6 is 11.6 Å². The minimum absolute atomic E-state index is 0.145. The highest BCUT2D eigenvalue weighted by atomic mass is 35.5. The third-order valence-electron chi connectivity index (χ3n) is 3.05. The van der Waals surface area contributed by atoms with E-state index in [2.05, 4.69) is 10.2 Å². The fourth-order valence-corrected chi connectivity index (χ4v) is 3.89. The molecule has 0 atom stereocenters. The number of nitrogens with one attached hydrogen (secondary N) is 1. The highest BCUT2D eigenvalue weighted by Gasteiger charge is 2.33. The number of aromatic nitrogens is 2. The first-order chi connectivity index (χ1) is 8.59. The predicted molar refractivity (Wildman–Crippen MR) is 69.9 cm³/mol. The van der Waals surface area contributed by atoms with Crippen LogP contribution < -0.4 is 0 Å². The molecule has 102 valence electrons. The van der Waals surface area contributed by atoms with E-state index >= 15 is 0 Å². The molecule has 1 aromatic heterocycles. The number of hydrogen-bond donors (Lipinski definition) is 1. The molecule has 2 rings (SSSR count).